The fourth-order valence-corrected chi connectivity index (χ4v) is 5.09. The van der Waals surface area contributed by atoms with E-state index in [2.05, 4.69) is 103 Å². The van der Waals surface area contributed by atoms with Gasteiger partial charge in [0.25, 0.3) is 0 Å². The molecule has 7 aromatic rings. The zero-order valence-corrected chi connectivity index (χ0v) is 16.3. The Hall–Kier alpha value is -3.97. The lowest BCUT2D eigenvalue weighted by Gasteiger charge is -2.14. The van der Waals surface area contributed by atoms with Crippen molar-refractivity contribution in [3.8, 4) is 0 Å². The smallest absolute Gasteiger partial charge is 0.0794 e. The summed E-state index contributed by atoms with van der Waals surface area (Å²) in [6, 6.07) is 37.0. The van der Waals surface area contributed by atoms with Crippen LogP contribution in [0.2, 0.25) is 0 Å². The molecule has 0 bridgehead atoms. The largest absolute Gasteiger partial charge is 0.246 e. The molecule has 138 valence electrons. The molecule has 1 nitrogen and oxygen atoms in total. The van der Waals surface area contributed by atoms with Crippen molar-refractivity contribution >= 4 is 64.9 Å². The third-order valence-corrected chi connectivity index (χ3v) is 6.40. The van der Waals surface area contributed by atoms with Gasteiger partial charge in [-0.1, -0.05) is 97.1 Å². The minimum Gasteiger partial charge on any atom is -0.246 e. The van der Waals surface area contributed by atoms with Crippen LogP contribution in [0.4, 0.5) is 0 Å². The van der Waals surface area contributed by atoms with Crippen molar-refractivity contribution < 1.29 is 0 Å². The Morgan fingerprint density at radius 2 is 0.567 bits per heavy atom. The van der Waals surface area contributed by atoms with Crippen molar-refractivity contribution in [1.29, 1.82) is 0 Å². The molecule has 0 N–H and O–H groups in total. The summed E-state index contributed by atoms with van der Waals surface area (Å²) >= 11 is 0. The maximum atomic E-state index is 5.33. The molecule has 7 rings (SSSR count). The summed E-state index contributed by atoms with van der Waals surface area (Å²) in [6.07, 6.45) is 0. The molecule has 0 saturated carbocycles. The molecule has 0 unspecified atom stereocenters. The lowest BCUT2D eigenvalue weighted by Crippen LogP contribution is -1.90. The van der Waals surface area contributed by atoms with Gasteiger partial charge in [0, 0.05) is 21.5 Å². The van der Waals surface area contributed by atoms with Crippen LogP contribution in [-0.4, -0.2) is 4.98 Å². The molecule has 0 aliphatic heterocycles. The van der Waals surface area contributed by atoms with E-state index in [0.717, 1.165) is 11.0 Å². The molecule has 0 aliphatic rings. The Balaban J connectivity index is 1.86. The molecule has 1 heterocycles. The first-order valence-electron chi connectivity index (χ1n) is 10.3. The van der Waals surface area contributed by atoms with E-state index in [1.807, 2.05) is 0 Å². The minimum absolute atomic E-state index is 1.08. The van der Waals surface area contributed by atoms with Crippen LogP contribution < -0.4 is 0 Å². The summed E-state index contributed by atoms with van der Waals surface area (Å²) < 4.78 is 0. The van der Waals surface area contributed by atoms with E-state index in [1.54, 1.807) is 0 Å². The number of aromatic nitrogens is 1. The Bertz CT molecular complexity index is 1530. The molecular formula is C29H17N. The molecule has 6 aromatic carbocycles. The fraction of sp³-hybridized carbons (Fsp3) is 0. The van der Waals surface area contributed by atoms with Crippen LogP contribution in [0.15, 0.2) is 103 Å². The number of rotatable bonds is 0. The molecule has 1 heteroatoms. The van der Waals surface area contributed by atoms with Gasteiger partial charge in [-0.3, -0.25) is 0 Å². The Morgan fingerprint density at radius 1 is 0.300 bits per heavy atom. The van der Waals surface area contributed by atoms with Gasteiger partial charge >= 0.3 is 0 Å². The maximum absolute atomic E-state index is 5.33. The summed E-state index contributed by atoms with van der Waals surface area (Å²) in [7, 11) is 0. The Labute approximate surface area is 173 Å². The molecule has 0 aliphatic carbocycles. The fourth-order valence-electron chi connectivity index (χ4n) is 5.09. The standard InChI is InChI=1S/C29H17N/c1-3-13-22-18(9-1)20-11-5-7-15-24(20)28-26(22)17-27-23-14-4-2-10-19(23)21-12-6-8-16-25(21)29(27)30-28/h1-17H. The number of hydrogen-bond acceptors (Lipinski definition) is 1. The molecule has 0 amide bonds. The van der Waals surface area contributed by atoms with Crippen molar-refractivity contribution in [2.75, 3.05) is 0 Å². The molecular weight excluding hydrogens is 362 g/mol. The molecule has 0 saturated heterocycles. The first-order chi connectivity index (χ1) is 14.9. The number of nitrogens with zero attached hydrogens (tertiary/aromatic N) is 1. The molecule has 0 radical (unpaired) electrons. The van der Waals surface area contributed by atoms with E-state index in [9.17, 15) is 0 Å². The second-order valence-corrected chi connectivity index (χ2v) is 7.96. The SMILES string of the molecule is c1ccc2c(c1)c1ccccc1c1nc3c4ccccc4c4ccccc4c3cc21. The normalized spacial score (nSPS) is 12.0. The topological polar surface area (TPSA) is 12.9 Å². The summed E-state index contributed by atoms with van der Waals surface area (Å²) in [5.41, 5.74) is 2.16. The second-order valence-electron chi connectivity index (χ2n) is 7.96. The first kappa shape index (κ1) is 15.9. The molecule has 0 fully saturated rings. The van der Waals surface area contributed by atoms with Crippen molar-refractivity contribution in [1.82, 2.24) is 4.98 Å². The molecule has 0 atom stereocenters. The van der Waals surface area contributed by atoms with Gasteiger partial charge in [0.1, 0.15) is 0 Å². The third-order valence-electron chi connectivity index (χ3n) is 6.40. The average Bonchev–Trinajstić information content (AvgIpc) is 2.83. The number of pyridine rings is 1. The summed E-state index contributed by atoms with van der Waals surface area (Å²) in [4.78, 5) is 5.33. The van der Waals surface area contributed by atoms with Gasteiger partial charge in [-0.25, -0.2) is 4.98 Å². The van der Waals surface area contributed by atoms with E-state index in [4.69, 9.17) is 4.98 Å². The highest BCUT2D eigenvalue weighted by atomic mass is 14.7. The van der Waals surface area contributed by atoms with Crippen LogP contribution in [0.1, 0.15) is 0 Å². The van der Waals surface area contributed by atoms with E-state index in [-0.39, 0.29) is 0 Å². The predicted octanol–water partition coefficient (Wildman–Crippen LogP) is 8.00. The second kappa shape index (κ2) is 5.77. The van der Waals surface area contributed by atoms with E-state index < -0.39 is 0 Å². The van der Waals surface area contributed by atoms with Crippen LogP contribution >= 0.6 is 0 Å². The third kappa shape index (κ3) is 1.99. The van der Waals surface area contributed by atoms with E-state index in [0.29, 0.717) is 0 Å². The first-order valence-corrected chi connectivity index (χ1v) is 10.3. The number of benzene rings is 6. The highest BCUT2D eigenvalue weighted by Gasteiger charge is 2.14. The van der Waals surface area contributed by atoms with Crippen LogP contribution in [0.5, 0.6) is 0 Å². The summed E-state index contributed by atoms with van der Waals surface area (Å²) in [5, 5.41) is 12.5. The minimum atomic E-state index is 1.08. The van der Waals surface area contributed by atoms with Gasteiger partial charge in [0.2, 0.25) is 0 Å². The quantitative estimate of drug-likeness (QED) is 0.192. The van der Waals surface area contributed by atoms with Gasteiger partial charge in [0.05, 0.1) is 11.0 Å². The van der Waals surface area contributed by atoms with Crippen LogP contribution in [-0.2, 0) is 0 Å². The summed E-state index contributed by atoms with van der Waals surface area (Å²) in [6.45, 7) is 0. The lowest BCUT2D eigenvalue weighted by atomic mass is 9.93. The van der Waals surface area contributed by atoms with Crippen LogP contribution in [0, 0.1) is 0 Å². The molecule has 1 aromatic heterocycles. The maximum Gasteiger partial charge on any atom is 0.0794 e. The molecule has 0 spiro atoms. The van der Waals surface area contributed by atoms with Crippen LogP contribution in [0.3, 0.4) is 0 Å². The van der Waals surface area contributed by atoms with Crippen molar-refractivity contribution in [2.24, 2.45) is 0 Å². The zero-order chi connectivity index (χ0) is 19.7. The molecule has 30 heavy (non-hydrogen) atoms. The average molecular weight is 379 g/mol. The van der Waals surface area contributed by atoms with Gasteiger partial charge in [-0.15, -0.1) is 0 Å². The Kier molecular flexibility index (Phi) is 3.06. The Morgan fingerprint density at radius 3 is 0.933 bits per heavy atom. The van der Waals surface area contributed by atoms with E-state index >= 15 is 0 Å². The van der Waals surface area contributed by atoms with Gasteiger partial charge in [-0.05, 0) is 38.4 Å². The van der Waals surface area contributed by atoms with Crippen LogP contribution in [0.25, 0.3) is 64.9 Å². The number of fused-ring (bicyclic) bond motifs is 12. The van der Waals surface area contributed by atoms with Crippen molar-refractivity contribution in [3.63, 3.8) is 0 Å². The zero-order valence-electron chi connectivity index (χ0n) is 16.3. The van der Waals surface area contributed by atoms with Crippen molar-refractivity contribution in [3.05, 3.63) is 103 Å². The van der Waals surface area contributed by atoms with Crippen molar-refractivity contribution in [2.45, 2.75) is 0 Å². The van der Waals surface area contributed by atoms with Gasteiger partial charge in [0.15, 0.2) is 0 Å². The lowest BCUT2D eigenvalue weighted by molar-refractivity contribution is 1.55. The summed E-state index contributed by atoms with van der Waals surface area (Å²) in [5.74, 6) is 0. The monoisotopic (exact) mass is 379 g/mol. The van der Waals surface area contributed by atoms with Gasteiger partial charge < -0.3 is 0 Å². The van der Waals surface area contributed by atoms with Gasteiger partial charge in [-0.2, -0.15) is 0 Å². The highest BCUT2D eigenvalue weighted by Crippen LogP contribution is 2.39. The highest BCUT2D eigenvalue weighted by molar-refractivity contribution is 6.30. The predicted molar refractivity (Wildman–Crippen MR) is 129 cm³/mol. The van der Waals surface area contributed by atoms with E-state index in [1.165, 1.54) is 53.9 Å². The number of hydrogen-bond donors (Lipinski definition) is 0.